The fraction of sp³-hybridized carbons (Fsp3) is 0.0952. The molecule has 0 aliphatic heterocycles. The molecule has 1 nitrogen and oxygen atoms in total. The van der Waals surface area contributed by atoms with Gasteiger partial charge in [-0.25, -0.2) is 0 Å². The summed E-state index contributed by atoms with van der Waals surface area (Å²) < 4.78 is 0. The van der Waals surface area contributed by atoms with E-state index in [2.05, 4.69) is 0 Å². The number of rotatable bonds is 6. The lowest BCUT2D eigenvalue weighted by molar-refractivity contribution is 0.0982. The van der Waals surface area contributed by atoms with Crippen molar-refractivity contribution in [2.45, 2.75) is 16.6 Å². The van der Waals surface area contributed by atoms with Crippen molar-refractivity contribution in [3.8, 4) is 0 Å². The Bertz CT molecular complexity index is 850. The van der Waals surface area contributed by atoms with Crippen LogP contribution in [0.25, 0.3) is 0 Å². The van der Waals surface area contributed by atoms with E-state index in [0.29, 0.717) is 16.5 Å². The molecule has 0 saturated carbocycles. The second-order valence-corrected chi connectivity index (χ2v) is 7.67. The van der Waals surface area contributed by atoms with Gasteiger partial charge in [-0.2, -0.15) is 0 Å². The summed E-state index contributed by atoms with van der Waals surface area (Å²) in [5.41, 5.74) is 1.83. The zero-order valence-corrected chi connectivity index (χ0v) is 15.7. The maximum atomic E-state index is 12.7. The first-order valence-corrected chi connectivity index (χ1v) is 9.52. The van der Waals surface area contributed by atoms with Crippen molar-refractivity contribution in [2.24, 2.45) is 0 Å². The molecule has 3 aromatic carbocycles. The van der Waals surface area contributed by atoms with Crippen molar-refractivity contribution in [3.05, 3.63) is 100 Å². The Kier molecular flexibility index (Phi) is 6.19. The molecule has 0 heterocycles. The highest BCUT2D eigenvalue weighted by atomic mass is 35.5. The second kappa shape index (κ2) is 8.57. The van der Waals surface area contributed by atoms with Crippen molar-refractivity contribution >= 4 is 40.7 Å². The molecule has 4 heteroatoms. The van der Waals surface area contributed by atoms with Gasteiger partial charge in [0.25, 0.3) is 0 Å². The third kappa shape index (κ3) is 4.88. The van der Waals surface area contributed by atoms with Crippen LogP contribution >= 0.6 is 35.0 Å². The predicted molar refractivity (Wildman–Crippen MR) is 107 cm³/mol. The summed E-state index contributed by atoms with van der Waals surface area (Å²) in [6, 6.07) is 24.9. The van der Waals surface area contributed by atoms with Crippen molar-refractivity contribution in [2.75, 3.05) is 0 Å². The van der Waals surface area contributed by atoms with Crippen LogP contribution < -0.4 is 0 Å². The van der Waals surface area contributed by atoms with E-state index in [0.717, 1.165) is 16.0 Å². The lowest BCUT2D eigenvalue weighted by Crippen LogP contribution is -2.05. The Hall–Kier alpha value is -1.74. The fourth-order valence-electron chi connectivity index (χ4n) is 2.53. The van der Waals surface area contributed by atoms with Crippen molar-refractivity contribution in [1.29, 1.82) is 0 Å². The van der Waals surface area contributed by atoms with Gasteiger partial charge < -0.3 is 0 Å². The Labute approximate surface area is 162 Å². The largest absolute Gasteiger partial charge is 0.294 e. The van der Waals surface area contributed by atoms with E-state index < -0.39 is 0 Å². The van der Waals surface area contributed by atoms with Crippen molar-refractivity contribution in [1.82, 2.24) is 0 Å². The average Bonchev–Trinajstić information content (AvgIpc) is 2.64. The third-order valence-corrected chi connectivity index (χ3v) is 5.79. The maximum Gasteiger partial charge on any atom is 0.164 e. The minimum atomic E-state index is -0.0208. The molecule has 0 N–H and O–H groups in total. The molecule has 0 amide bonds. The van der Waals surface area contributed by atoms with Gasteiger partial charge in [-0.15, -0.1) is 11.8 Å². The lowest BCUT2D eigenvalue weighted by Gasteiger charge is -2.17. The monoisotopic (exact) mass is 386 g/mol. The summed E-state index contributed by atoms with van der Waals surface area (Å²) in [5, 5.41) is 1.18. The quantitative estimate of drug-likeness (QED) is 0.331. The highest BCUT2D eigenvalue weighted by Crippen LogP contribution is 2.42. The van der Waals surface area contributed by atoms with Gasteiger partial charge in [-0.1, -0.05) is 83.9 Å². The van der Waals surface area contributed by atoms with Crippen LogP contribution in [0.5, 0.6) is 0 Å². The minimum Gasteiger partial charge on any atom is -0.294 e. The van der Waals surface area contributed by atoms with Crippen molar-refractivity contribution < 1.29 is 4.79 Å². The van der Waals surface area contributed by atoms with Crippen LogP contribution in [0.15, 0.2) is 83.8 Å². The van der Waals surface area contributed by atoms with Crippen LogP contribution in [-0.4, -0.2) is 5.78 Å². The molecule has 0 spiro atoms. The zero-order chi connectivity index (χ0) is 17.6. The summed E-state index contributed by atoms with van der Waals surface area (Å²) in [6.45, 7) is 0. The molecule has 0 aliphatic rings. The molecule has 1 atom stereocenters. The van der Waals surface area contributed by atoms with Gasteiger partial charge in [0.15, 0.2) is 5.78 Å². The first kappa shape index (κ1) is 18.1. The van der Waals surface area contributed by atoms with Gasteiger partial charge in [-0.05, 0) is 23.8 Å². The van der Waals surface area contributed by atoms with Gasteiger partial charge in [0.05, 0.1) is 5.02 Å². The third-order valence-electron chi connectivity index (χ3n) is 3.80. The standard InChI is InChI=1S/C21H16Cl2OS/c22-17-11-12-20(18(23)13-17)25-21(16-9-5-2-6-10-16)14-19(24)15-7-3-1-4-8-15/h1-13,21H,14H2. The number of Topliss-reactive ketones (excluding diaryl/α,β-unsaturated/α-hetero) is 1. The zero-order valence-electron chi connectivity index (χ0n) is 13.4. The minimum absolute atomic E-state index is 0.0208. The van der Waals surface area contributed by atoms with Gasteiger partial charge in [-0.3, -0.25) is 4.79 Å². The van der Waals surface area contributed by atoms with E-state index >= 15 is 0 Å². The molecule has 0 aromatic heterocycles. The van der Waals surface area contributed by atoms with Gasteiger partial charge in [0.2, 0.25) is 0 Å². The molecule has 3 aromatic rings. The number of halogens is 2. The van der Waals surface area contributed by atoms with Crippen LogP contribution in [0, 0.1) is 0 Å². The number of benzene rings is 3. The van der Waals surface area contributed by atoms with Crippen LogP contribution in [0.3, 0.4) is 0 Å². The van der Waals surface area contributed by atoms with Crippen molar-refractivity contribution in [3.63, 3.8) is 0 Å². The molecule has 0 bridgehead atoms. The van der Waals surface area contributed by atoms with E-state index in [1.54, 1.807) is 17.8 Å². The van der Waals surface area contributed by atoms with E-state index in [1.165, 1.54) is 0 Å². The fourth-order valence-corrected chi connectivity index (χ4v) is 4.22. The molecule has 0 aliphatic carbocycles. The Balaban J connectivity index is 1.86. The molecule has 0 radical (unpaired) electrons. The molecule has 0 fully saturated rings. The Morgan fingerprint density at radius 1 is 0.880 bits per heavy atom. The molecule has 25 heavy (non-hydrogen) atoms. The second-order valence-electron chi connectivity index (χ2n) is 5.59. The predicted octanol–water partition coefficient (Wildman–Crippen LogP) is 7.10. The summed E-state index contributed by atoms with van der Waals surface area (Å²) >= 11 is 13.9. The van der Waals surface area contributed by atoms with Crippen LogP contribution in [0.4, 0.5) is 0 Å². The van der Waals surface area contributed by atoms with Gasteiger partial charge >= 0.3 is 0 Å². The number of ketones is 1. The summed E-state index contributed by atoms with van der Waals surface area (Å²) in [4.78, 5) is 13.6. The first-order valence-electron chi connectivity index (χ1n) is 7.88. The summed E-state index contributed by atoms with van der Waals surface area (Å²) in [7, 11) is 0. The SMILES string of the molecule is O=C(CC(Sc1ccc(Cl)cc1Cl)c1ccccc1)c1ccccc1. The molecular formula is C21H16Cl2OS. The molecule has 3 rings (SSSR count). The number of hydrogen-bond acceptors (Lipinski definition) is 2. The van der Waals surface area contributed by atoms with Gasteiger partial charge in [0, 0.05) is 27.2 Å². The molecule has 1 unspecified atom stereocenters. The van der Waals surface area contributed by atoms with Crippen LogP contribution in [0.2, 0.25) is 10.0 Å². The summed E-state index contributed by atoms with van der Waals surface area (Å²) in [5.74, 6) is 0.118. The lowest BCUT2D eigenvalue weighted by atomic mass is 10.0. The normalized spacial score (nSPS) is 11.9. The summed E-state index contributed by atoms with van der Waals surface area (Å²) in [6.07, 6.45) is 0.400. The topological polar surface area (TPSA) is 17.1 Å². The number of carbonyl (C=O) groups excluding carboxylic acids is 1. The van der Waals surface area contributed by atoms with Gasteiger partial charge in [0.1, 0.15) is 0 Å². The van der Waals surface area contributed by atoms with Crippen LogP contribution in [-0.2, 0) is 0 Å². The van der Waals surface area contributed by atoms with E-state index in [4.69, 9.17) is 23.2 Å². The number of hydrogen-bond donors (Lipinski definition) is 0. The molecule has 0 saturated heterocycles. The highest BCUT2D eigenvalue weighted by Gasteiger charge is 2.19. The Morgan fingerprint density at radius 2 is 1.52 bits per heavy atom. The average molecular weight is 387 g/mol. The smallest absolute Gasteiger partial charge is 0.164 e. The number of thioether (sulfide) groups is 1. The van der Waals surface area contributed by atoms with E-state index in [1.807, 2.05) is 72.8 Å². The molecular weight excluding hydrogens is 371 g/mol. The van der Waals surface area contributed by atoms with E-state index in [-0.39, 0.29) is 11.0 Å². The molecule has 126 valence electrons. The highest BCUT2D eigenvalue weighted by molar-refractivity contribution is 7.99. The van der Waals surface area contributed by atoms with E-state index in [9.17, 15) is 4.79 Å². The first-order chi connectivity index (χ1) is 12.1. The van der Waals surface area contributed by atoms with Crippen LogP contribution in [0.1, 0.15) is 27.6 Å². The number of carbonyl (C=O) groups is 1. The Morgan fingerprint density at radius 3 is 2.16 bits per heavy atom. The maximum absolute atomic E-state index is 12.7.